The first kappa shape index (κ1) is 24.9. The van der Waals surface area contributed by atoms with Crippen LogP contribution >= 0.6 is 0 Å². The first-order valence-electron chi connectivity index (χ1n) is 11.0. The van der Waals surface area contributed by atoms with Gasteiger partial charge in [0.1, 0.15) is 0 Å². The monoisotopic (exact) mass is 368 g/mol. The average Bonchev–Trinajstić information content (AvgIpc) is 2.58. The number of unbranched alkanes of at least 4 members (excludes halogenated alkanes) is 12. The molecule has 1 amide bonds. The Morgan fingerprint density at radius 2 is 1.19 bits per heavy atom. The van der Waals surface area contributed by atoms with E-state index in [4.69, 9.17) is 0 Å². The minimum absolute atomic E-state index is 0.164. The lowest BCUT2D eigenvalue weighted by molar-refractivity contribution is -0.308. The van der Waals surface area contributed by atoms with Gasteiger partial charge >= 0.3 is 0 Å². The summed E-state index contributed by atoms with van der Waals surface area (Å²) in [5.41, 5.74) is 0. The third kappa shape index (κ3) is 16.4. The van der Waals surface area contributed by atoms with Gasteiger partial charge < -0.3 is 15.2 Å². The van der Waals surface area contributed by atoms with Crippen LogP contribution in [0.5, 0.6) is 0 Å². The van der Waals surface area contributed by atoms with E-state index in [1.54, 1.807) is 0 Å². The van der Waals surface area contributed by atoms with Crippen LogP contribution in [0.2, 0.25) is 0 Å². The summed E-state index contributed by atoms with van der Waals surface area (Å²) >= 11 is 0. The Morgan fingerprint density at radius 3 is 1.58 bits per heavy atom. The smallest absolute Gasteiger partial charge is 0.220 e. The number of hydrogen-bond donors (Lipinski definition) is 1. The Hall–Kier alpha value is -1.06. The maximum atomic E-state index is 11.8. The van der Waals surface area contributed by atoms with Crippen molar-refractivity contribution in [3.63, 3.8) is 0 Å². The molecule has 0 aromatic carbocycles. The van der Waals surface area contributed by atoms with Crippen molar-refractivity contribution in [3.8, 4) is 0 Å². The van der Waals surface area contributed by atoms with E-state index >= 15 is 0 Å². The number of carbonyl (C=O) groups is 2. The van der Waals surface area contributed by atoms with E-state index in [1.807, 2.05) is 13.8 Å². The van der Waals surface area contributed by atoms with Crippen LogP contribution < -0.4 is 10.4 Å². The molecule has 0 radical (unpaired) electrons. The fourth-order valence-corrected chi connectivity index (χ4v) is 3.26. The number of amides is 1. The maximum absolute atomic E-state index is 11.8. The second-order valence-corrected chi connectivity index (χ2v) is 8.06. The molecule has 0 aliphatic carbocycles. The number of rotatable bonds is 18. The second-order valence-electron chi connectivity index (χ2n) is 8.06. The van der Waals surface area contributed by atoms with Gasteiger partial charge in [0, 0.05) is 6.42 Å². The van der Waals surface area contributed by atoms with E-state index in [1.165, 1.54) is 70.6 Å². The van der Waals surface area contributed by atoms with Crippen LogP contribution in [0.15, 0.2) is 0 Å². The van der Waals surface area contributed by atoms with Gasteiger partial charge in [0.15, 0.2) is 0 Å². The van der Waals surface area contributed by atoms with Gasteiger partial charge in [0.25, 0.3) is 0 Å². The highest BCUT2D eigenvalue weighted by molar-refractivity contribution is 5.82. The summed E-state index contributed by atoms with van der Waals surface area (Å²) in [5.74, 6) is -1.13. The minimum Gasteiger partial charge on any atom is -0.548 e. The minimum atomic E-state index is -1.18. The Bertz CT molecular complexity index is 355. The number of carboxylic acid groups (broad SMARTS) is 1. The van der Waals surface area contributed by atoms with Crippen LogP contribution in [0, 0.1) is 5.92 Å². The van der Waals surface area contributed by atoms with Gasteiger partial charge in [-0.05, 0) is 18.8 Å². The van der Waals surface area contributed by atoms with Crippen LogP contribution in [0.4, 0.5) is 0 Å². The third-order valence-electron chi connectivity index (χ3n) is 4.83. The number of aliphatic carboxylic acids is 1. The zero-order valence-electron chi connectivity index (χ0n) is 17.5. The van der Waals surface area contributed by atoms with Gasteiger partial charge in [-0.15, -0.1) is 0 Å². The molecule has 4 heteroatoms. The highest BCUT2D eigenvalue weighted by Crippen LogP contribution is 2.13. The van der Waals surface area contributed by atoms with Crippen molar-refractivity contribution in [2.75, 3.05) is 0 Å². The van der Waals surface area contributed by atoms with E-state index < -0.39 is 12.0 Å². The van der Waals surface area contributed by atoms with Crippen molar-refractivity contribution < 1.29 is 14.7 Å². The standard InChI is InChI=1S/C22H43NO3/c1-4-5-6-7-8-9-10-11-12-13-14-15-16-17-21(24)23-20(22(25)26)18-19(2)3/h19-20H,4-18H2,1-3H3,(H,23,24)(H,25,26)/p-1/t20-/m0/s1. The van der Waals surface area contributed by atoms with Crippen LogP contribution in [-0.2, 0) is 9.59 Å². The molecule has 0 aliphatic heterocycles. The molecule has 4 nitrogen and oxygen atoms in total. The van der Waals surface area contributed by atoms with Gasteiger partial charge in [-0.3, -0.25) is 4.79 Å². The molecule has 26 heavy (non-hydrogen) atoms. The summed E-state index contributed by atoms with van der Waals surface area (Å²) in [6.07, 6.45) is 17.4. The van der Waals surface area contributed by atoms with Crippen molar-refractivity contribution in [1.82, 2.24) is 5.32 Å². The lowest BCUT2D eigenvalue weighted by Gasteiger charge is -2.21. The van der Waals surface area contributed by atoms with Gasteiger partial charge in [0.05, 0.1) is 12.0 Å². The van der Waals surface area contributed by atoms with E-state index in [2.05, 4.69) is 12.2 Å². The normalized spacial score (nSPS) is 12.3. The van der Waals surface area contributed by atoms with E-state index in [-0.39, 0.29) is 11.8 Å². The van der Waals surface area contributed by atoms with Crippen LogP contribution in [0.1, 0.15) is 117 Å². The molecule has 0 fully saturated rings. The molecule has 0 aliphatic rings. The molecule has 0 saturated heterocycles. The van der Waals surface area contributed by atoms with Gasteiger partial charge in [-0.2, -0.15) is 0 Å². The average molecular weight is 369 g/mol. The molecule has 154 valence electrons. The first-order chi connectivity index (χ1) is 12.5. The molecule has 0 bridgehead atoms. The number of nitrogens with one attached hydrogen (secondary N) is 1. The molecule has 1 atom stereocenters. The molecule has 0 spiro atoms. The molecule has 0 aromatic rings. The Labute approximate surface area is 161 Å². The topological polar surface area (TPSA) is 69.2 Å². The lowest BCUT2D eigenvalue weighted by atomic mass is 10.0. The van der Waals surface area contributed by atoms with Crippen LogP contribution in [0.25, 0.3) is 0 Å². The quantitative estimate of drug-likeness (QED) is 0.355. The SMILES string of the molecule is CCCCCCCCCCCCCCCC(=O)N[C@@H](CC(C)C)C(=O)[O-]. The van der Waals surface area contributed by atoms with Crippen molar-refractivity contribution in [2.45, 2.75) is 123 Å². The second kappa shape index (κ2) is 17.4. The zero-order chi connectivity index (χ0) is 19.6. The fourth-order valence-electron chi connectivity index (χ4n) is 3.26. The molecule has 0 heterocycles. The predicted molar refractivity (Wildman–Crippen MR) is 107 cm³/mol. The van der Waals surface area contributed by atoms with E-state index in [0.717, 1.165) is 12.8 Å². The molecule has 1 N–H and O–H groups in total. The summed E-state index contributed by atoms with van der Waals surface area (Å²) in [7, 11) is 0. The lowest BCUT2D eigenvalue weighted by Crippen LogP contribution is -2.48. The predicted octanol–water partition coefficient (Wildman–Crippen LogP) is 4.75. The number of carbonyl (C=O) groups excluding carboxylic acids is 2. The first-order valence-corrected chi connectivity index (χ1v) is 11.0. The van der Waals surface area contributed by atoms with E-state index in [0.29, 0.717) is 12.8 Å². The summed E-state index contributed by atoms with van der Waals surface area (Å²) < 4.78 is 0. The number of carboxylic acids is 1. The molecule has 0 unspecified atom stereocenters. The maximum Gasteiger partial charge on any atom is 0.220 e. The zero-order valence-corrected chi connectivity index (χ0v) is 17.5. The van der Waals surface area contributed by atoms with Gasteiger partial charge in [-0.1, -0.05) is 97.8 Å². The largest absolute Gasteiger partial charge is 0.548 e. The van der Waals surface area contributed by atoms with E-state index in [9.17, 15) is 14.7 Å². The van der Waals surface area contributed by atoms with Crippen LogP contribution in [0.3, 0.4) is 0 Å². The summed E-state index contributed by atoms with van der Waals surface area (Å²) in [6, 6.07) is -0.857. The van der Waals surface area contributed by atoms with Gasteiger partial charge in [-0.25, -0.2) is 0 Å². The molecule has 0 saturated carbocycles. The molecule has 0 rings (SSSR count). The Kier molecular flexibility index (Phi) is 16.7. The Balaban J connectivity index is 3.46. The fraction of sp³-hybridized carbons (Fsp3) is 0.909. The summed E-state index contributed by atoms with van der Waals surface area (Å²) in [6.45, 7) is 6.13. The molecule has 0 aromatic heterocycles. The third-order valence-corrected chi connectivity index (χ3v) is 4.83. The van der Waals surface area contributed by atoms with Crippen LogP contribution in [-0.4, -0.2) is 17.9 Å². The van der Waals surface area contributed by atoms with Gasteiger partial charge in [0.2, 0.25) is 5.91 Å². The molecular weight excluding hydrogens is 326 g/mol. The number of hydrogen-bond acceptors (Lipinski definition) is 3. The summed E-state index contributed by atoms with van der Waals surface area (Å²) in [4.78, 5) is 22.9. The van der Waals surface area contributed by atoms with Crippen molar-refractivity contribution in [1.29, 1.82) is 0 Å². The Morgan fingerprint density at radius 1 is 0.769 bits per heavy atom. The van der Waals surface area contributed by atoms with Crippen molar-refractivity contribution >= 4 is 11.9 Å². The van der Waals surface area contributed by atoms with Crippen molar-refractivity contribution in [3.05, 3.63) is 0 Å². The van der Waals surface area contributed by atoms with Crippen molar-refractivity contribution in [2.24, 2.45) is 5.92 Å². The molecular formula is C22H42NO3-. The highest BCUT2D eigenvalue weighted by Gasteiger charge is 2.14. The summed E-state index contributed by atoms with van der Waals surface area (Å²) in [5, 5.41) is 13.6. The highest BCUT2D eigenvalue weighted by atomic mass is 16.4.